The van der Waals surface area contributed by atoms with E-state index in [9.17, 15) is 18.0 Å². The van der Waals surface area contributed by atoms with Gasteiger partial charge >= 0.3 is 16.3 Å². The molecule has 0 radical (unpaired) electrons. The monoisotopic (exact) mass is 498 g/mol. The summed E-state index contributed by atoms with van der Waals surface area (Å²) in [7, 11) is -2.37. The van der Waals surface area contributed by atoms with Crippen LogP contribution in [-0.2, 0) is 27.5 Å². The van der Waals surface area contributed by atoms with E-state index in [1.807, 2.05) is 77.0 Å². The number of nitrogens with one attached hydrogen (secondary N) is 2. The Morgan fingerprint density at radius 1 is 1.03 bits per heavy atom. The van der Waals surface area contributed by atoms with E-state index in [4.69, 9.17) is 4.74 Å². The summed E-state index contributed by atoms with van der Waals surface area (Å²) < 4.78 is 36.0. The number of carbonyl (C=O) groups excluding carboxylic acids is 2. The van der Waals surface area contributed by atoms with Crippen molar-refractivity contribution in [3.05, 3.63) is 71.9 Å². The van der Waals surface area contributed by atoms with Crippen molar-refractivity contribution in [1.82, 2.24) is 18.9 Å². The summed E-state index contributed by atoms with van der Waals surface area (Å²) in [5.41, 5.74) is 0.350. The summed E-state index contributed by atoms with van der Waals surface area (Å²) >= 11 is 0. The molecule has 0 saturated carbocycles. The van der Waals surface area contributed by atoms with Crippen LogP contribution >= 0.6 is 0 Å². The van der Waals surface area contributed by atoms with E-state index in [0.717, 1.165) is 20.8 Å². The van der Waals surface area contributed by atoms with Gasteiger partial charge in [0.05, 0.1) is 5.54 Å². The molecule has 1 saturated heterocycles. The first-order valence-corrected chi connectivity index (χ1v) is 12.8. The number of fused-ring (bicyclic) bond motifs is 1. The molecule has 1 fully saturated rings. The SMILES string of the molecule is Cn1c(C(=O)NC2(c3ccccc3)CCN(S(=O)(=O)NC(=O)OC(C)(C)C)C2)cc2ccccc21. The van der Waals surface area contributed by atoms with Gasteiger partial charge in [-0.25, -0.2) is 9.52 Å². The van der Waals surface area contributed by atoms with Gasteiger partial charge < -0.3 is 14.6 Å². The zero-order chi connectivity index (χ0) is 25.4. The Morgan fingerprint density at radius 2 is 1.69 bits per heavy atom. The second-order valence-electron chi connectivity index (χ2n) is 9.74. The van der Waals surface area contributed by atoms with Gasteiger partial charge in [0.15, 0.2) is 0 Å². The van der Waals surface area contributed by atoms with Crippen molar-refractivity contribution in [1.29, 1.82) is 0 Å². The Bertz CT molecular complexity index is 1360. The Hall–Kier alpha value is -3.37. The molecule has 1 aliphatic rings. The Labute approximate surface area is 205 Å². The number of hydrogen-bond acceptors (Lipinski definition) is 5. The van der Waals surface area contributed by atoms with Gasteiger partial charge in [-0.15, -0.1) is 0 Å². The van der Waals surface area contributed by atoms with Crippen LogP contribution in [0.25, 0.3) is 10.9 Å². The van der Waals surface area contributed by atoms with E-state index in [1.54, 1.807) is 20.8 Å². The van der Waals surface area contributed by atoms with Crippen LogP contribution in [0.1, 0.15) is 43.2 Å². The van der Waals surface area contributed by atoms with Crippen LogP contribution < -0.4 is 10.0 Å². The van der Waals surface area contributed by atoms with Crippen LogP contribution in [0.4, 0.5) is 4.79 Å². The van der Waals surface area contributed by atoms with Gasteiger partial charge in [-0.1, -0.05) is 48.5 Å². The van der Waals surface area contributed by atoms with Crippen LogP contribution in [0.2, 0.25) is 0 Å². The third kappa shape index (κ3) is 5.18. The molecule has 2 amide bonds. The highest BCUT2D eigenvalue weighted by molar-refractivity contribution is 7.87. The molecule has 3 aromatic rings. The fourth-order valence-electron chi connectivity index (χ4n) is 4.40. The second-order valence-corrected chi connectivity index (χ2v) is 11.4. The quantitative estimate of drug-likeness (QED) is 0.561. The lowest BCUT2D eigenvalue weighted by atomic mass is 9.89. The van der Waals surface area contributed by atoms with Crippen molar-refractivity contribution in [2.45, 2.75) is 38.3 Å². The van der Waals surface area contributed by atoms with Crippen molar-refractivity contribution in [2.75, 3.05) is 13.1 Å². The minimum atomic E-state index is -4.19. The largest absolute Gasteiger partial charge is 0.443 e. The van der Waals surface area contributed by atoms with E-state index in [1.165, 1.54) is 0 Å². The minimum Gasteiger partial charge on any atom is -0.443 e. The number of ether oxygens (including phenoxy) is 1. The first-order chi connectivity index (χ1) is 16.4. The number of amides is 2. The molecule has 2 N–H and O–H groups in total. The molecule has 186 valence electrons. The summed E-state index contributed by atoms with van der Waals surface area (Å²) in [6.07, 6.45) is -0.712. The van der Waals surface area contributed by atoms with Crippen molar-refractivity contribution >= 4 is 33.1 Å². The number of carbonyl (C=O) groups is 2. The first-order valence-electron chi connectivity index (χ1n) is 11.3. The summed E-state index contributed by atoms with van der Waals surface area (Å²) in [6.45, 7) is 5.03. The Morgan fingerprint density at radius 3 is 2.34 bits per heavy atom. The topological polar surface area (TPSA) is 110 Å². The average Bonchev–Trinajstić information content (AvgIpc) is 3.36. The van der Waals surface area contributed by atoms with Gasteiger partial charge in [0.2, 0.25) is 0 Å². The lowest BCUT2D eigenvalue weighted by molar-refractivity contribution is 0.0566. The third-order valence-electron chi connectivity index (χ3n) is 6.05. The van der Waals surface area contributed by atoms with E-state index >= 15 is 0 Å². The summed E-state index contributed by atoms with van der Waals surface area (Å²) in [6, 6.07) is 18.8. The molecule has 2 aromatic carbocycles. The molecule has 1 aromatic heterocycles. The maximum Gasteiger partial charge on any atom is 0.422 e. The highest BCUT2D eigenvalue weighted by Gasteiger charge is 2.46. The molecular formula is C25H30N4O5S. The smallest absolute Gasteiger partial charge is 0.422 e. The maximum absolute atomic E-state index is 13.5. The molecule has 1 aliphatic heterocycles. The van der Waals surface area contributed by atoms with Gasteiger partial charge in [0.1, 0.15) is 11.3 Å². The van der Waals surface area contributed by atoms with Crippen LogP contribution in [0, 0.1) is 0 Å². The van der Waals surface area contributed by atoms with Crippen LogP contribution in [0.15, 0.2) is 60.7 Å². The number of aromatic nitrogens is 1. The molecule has 2 heterocycles. The molecule has 1 atom stereocenters. The molecule has 4 rings (SSSR count). The van der Waals surface area contributed by atoms with Gasteiger partial charge in [0.25, 0.3) is 5.91 Å². The van der Waals surface area contributed by atoms with Crippen molar-refractivity contribution < 1.29 is 22.7 Å². The van der Waals surface area contributed by atoms with Crippen LogP contribution in [0.5, 0.6) is 0 Å². The van der Waals surface area contributed by atoms with Crippen LogP contribution in [-0.4, -0.2) is 48.0 Å². The lowest BCUT2D eigenvalue weighted by Gasteiger charge is -2.31. The Balaban J connectivity index is 1.62. The average molecular weight is 499 g/mol. The molecule has 35 heavy (non-hydrogen) atoms. The Kier molecular flexibility index (Phi) is 6.37. The highest BCUT2D eigenvalue weighted by Crippen LogP contribution is 2.34. The van der Waals surface area contributed by atoms with Gasteiger partial charge in [-0.3, -0.25) is 4.79 Å². The summed E-state index contributed by atoms with van der Waals surface area (Å²) in [4.78, 5) is 25.6. The zero-order valence-corrected chi connectivity index (χ0v) is 21.1. The first kappa shape index (κ1) is 24.7. The second kappa shape index (κ2) is 9.01. The van der Waals surface area contributed by atoms with Crippen molar-refractivity contribution in [2.24, 2.45) is 7.05 Å². The summed E-state index contributed by atoms with van der Waals surface area (Å²) in [5, 5.41) is 4.05. The van der Waals surface area contributed by atoms with Crippen molar-refractivity contribution in [3.8, 4) is 0 Å². The van der Waals surface area contributed by atoms with Crippen LogP contribution in [0.3, 0.4) is 0 Å². The van der Waals surface area contributed by atoms with Gasteiger partial charge in [-0.2, -0.15) is 12.7 Å². The minimum absolute atomic E-state index is 0.0369. The fourth-order valence-corrected chi connectivity index (χ4v) is 5.51. The van der Waals surface area contributed by atoms with Crippen molar-refractivity contribution in [3.63, 3.8) is 0 Å². The highest BCUT2D eigenvalue weighted by atomic mass is 32.2. The number of nitrogens with zero attached hydrogens (tertiary/aromatic N) is 2. The standard InChI is InChI=1S/C25H30N4O5S/c1-24(2,3)34-23(31)27-35(32,33)29-15-14-25(17-29,19-11-6-5-7-12-19)26-22(30)21-16-18-10-8-9-13-20(18)28(21)4/h5-13,16H,14-15,17H2,1-4H3,(H,26,30)(H,27,31). The lowest BCUT2D eigenvalue weighted by Crippen LogP contribution is -2.50. The zero-order valence-electron chi connectivity index (χ0n) is 20.2. The number of hydrogen-bond donors (Lipinski definition) is 2. The maximum atomic E-state index is 13.5. The van der Waals surface area contributed by atoms with E-state index < -0.39 is 27.4 Å². The third-order valence-corrected chi connectivity index (χ3v) is 7.46. The predicted octanol–water partition coefficient (Wildman–Crippen LogP) is 3.28. The molecule has 1 unspecified atom stereocenters. The molecule has 0 spiro atoms. The predicted molar refractivity (Wildman–Crippen MR) is 133 cm³/mol. The number of benzene rings is 2. The molecule has 0 bridgehead atoms. The van der Waals surface area contributed by atoms with E-state index in [2.05, 4.69) is 5.32 Å². The fraction of sp³-hybridized carbons (Fsp3) is 0.360. The molecule has 0 aliphatic carbocycles. The number of para-hydroxylation sites is 1. The molecular weight excluding hydrogens is 468 g/mol. The molecule has 9 nitrogen and oxygen atoms in total. The molecule has 10 heteroatoms. The normalized spacial score (nSPS) is 19.0. The number of rotatable bonds is 5. The van der Waals surface area contributed by atoms with Gasteiger partial charge in [-0.05, 0) is 44.9 Å². The number of aryl methyl sites for hydroxylation is 1. The summed E-state index contributed by atoms with van der Waals surface area (Å²) in [5.74, 6) is -0.313. The van der Waals surface area contributed by atoms with E-state index in [0.29, 0.717) is 12.1 Å². The van der Waals surface area contributed by atoms with Gasteiger partial charge in [0, 0.05) is 31.0 Å². The van der Waals surface area contributed by atoms with E-state index in [-0.39, 0.29) is 19.0 Å².